The molecule has 0 bridgehead atoms. The number of aliphatic carboxylic acids is 2. The summed E-state index contributed by atoms with van der Waals surface area (Å²) in [5.74, 6) is -1.99. The Morgan fingerprint density at radius 1 is 1.00 bits per heavy atom. The van der Waals surface area contributed by atoms with Crippen LogP contribution >= 0.6 is 23.5 Å². The molecule has 0 aliphatic rings. The number of carboxylic acids is 2. The summed E-state index contributed by atoms with van der Waals surface area (Å²) in [5, 5.41) is 25.4. The first-order valence-electron chi connectivity index (χ1n) is 4.11. The first-order chi connectivity index (χ1) is 7.58. The van der Waals surface area contributed by atoms with E-state index in [1.54, 1.807) is 12.1 Å². The van der Waals surface area contributed by atoms with E-state index < -0.39 is 11.9 Å². The van der Waals surface area contributed by atoms with Gasteiger partial charge in [0.05, 0.1) is 11.5 Å². The number of nitrogens with zero attached hydrogens (tertiary/aromatic N) is 2. The van der Waals surface area contributed by atoms with Crippen LogP contribution in [0, 0.1) is 0 Å². The summed E-state index contributed by atoms with van der Waals surface area (Å²) in [6.07, 6.45) is 0. The van der Waals surface area contributed by atoms with Crippen LogP contribution in [0.1, 0.15) is 0 Å². The third-order valence-electron chi connectivity index (χ3n) is 1.30. The van der Waals surface area contributed by atoms with Crippen molar-refractivity contribution >= 4 is 35.5 Å². The zero-order valence-corrected chi connectivity index (χ0v) is 9.62. The van der Waals surface area contributed by atoms with Gasteiger partial charge in [0, 0.05) is 0 Å². The summed E-state index contributed by atoms with van der Waals surface area (Å²) >= 11 is 2.13. The van der Waals surface area contributed by atoms with Gasteiger partial charge in [-0.2, -0.15) is 0 Å². The van der Waals surface area contributed by atoms with Crippen LogP contribution in [0.25, 0.3) is 0 Å². The Kier molecular flexibility index (Phi) is 5.06. The third kappa shape index (κ3) is 4.99. The van der Waals surface area contributed by atoms with Crippen molar-refractivity contribution in [2.45, 2.75) is 10.1 Å². The largest absolute Gasteiger partial charge is 0.481 e. The molecule has 0 aromatic carbocycles. The summed E-state index contributed by atoms with van der Waals surface area (Å²) in [6.45, 7) is 0. The fourth-order valence-electron chi connectivity index (χ4n) is 0.733. The van der Waals surface area contributed by atoms with Crippen molar-refractivity contribution in [3.8, 4) is 0 Å². The van der Waals surface area contributed by atoms with E-state index in [0.29, 0.717) is 10.1 Å². The maximum atomic E-state index is 10.3. The van der Waals surface area contributed by atoms with E-state index in [0.717, 1.165) is 23.5 Å². The molecule has 8 heteroatoms. The molecule has 1 heterocycles. The Balaban J connectivity index is 2.47. The van der Waals surface area contributed by atoms with Crippen LogP contribution in [0.15, 0.2) is 22.2 Å². The molecule has 0 fully saturated rings. The van der Waals surface area contributed by atoms with Gasteiger partial charge in [0.2, 0.25) is 0 Å². The molecule has 1 aromatic heterocycles. The molecule has 16 heavy (non-hydrogen) atoms. The topological polar surface area (TPSA) is 100 Å². The normalized spacial score (nSPS) is 10.0. The van der Waals surface area contributed by atoms with Crippen LogP contribution < -0.4 is 0 Å². The van der Waals surface area contributed by atoms with Crippen LogP contribution in [0.5, 0.6) is 0 Å². The highest BCUT2D eigenvalue weighted by Crippen LogP contribution is 2.18. The predicted molar refractivity (Wildman–Crippen MR) is 58.8 cm³/mol. The van der Waals surface area contributed by atoms with Gasteiger partial charge in [-0.15, -0.1) is 10.2 Å². The predicted octanol–water partition coefficient (Wildman–Crippen LogP) is 0.830. The summed E-state index contributed by atoms with van der Waals surface area (Å²) in [7, 11) is 0. The highest BCUT2D eigenvalue weighted by atomic mass is 32.2. The quantitative estimate of drug-likeness (QED) is 0.725. The fourth-order valence-corrected chi connectivity index (χ4v) is 1.80. The lowest BCUT2D eigenvalue weighted by molar-refractivity contribution is -0.134. The van der Waals surface area contributed by atoms with Gasteiger partial charge in [0.15, 0.2) is 0 Å². The Morgan fingerprint density at radius 3 is 1.62 bits per heavy atom. The van der Waals surface area contributed by atoms with Crippen LogP contribution in [0.4, 0.5) is 0 Å². The molecular weight excluding hydrogens is 252 g/mol. The van der Waals surface area contributed by atoms with Gasteiger partial charge in [-0.25, -0.2) is 0 Å². The van der Waals surface area contributed by atoms with Crippen LogP contribution in [-0.4, -0.2) is 43.9 Å². The fraction of sp³-hybridized carbons (Fsp3) is 0.250. The van der Waals surface area contributed by atoms with E-state index in [4.69, 9.17) is 10.2 Å². The molecule has 0 unspecified atom stereocenters. The van der Waals surface area contributed by atoms with E-state index in [-0.39, 0.29) is 11.5 Å². The molecule has 0 aliphatic carbocycles. The molecule has 0 aliphatic heterocycles. The number of rotatable bonds is 6. The van der Waals surface area contributed by atoms with Crippen molar-refractivity contribution in [2.24, 2.45) is 0 Å². The molecule has 0 atom stereocenters. The molecule has 0 saturated heterocycles. The summed E-state index contributed by atoms with van der Waals surface area (Å²) in [4.78, 5) is 20.6. The van der Waals surface area contributed by atoms with E-state index in [9.17, 15) is 9.59 Å². The van der Waals surface area contributed by atoms with Crippen molar-refractivity contribution in [3.05, 3.63) is 12.1 Å². The van der Waals surface area contributed by atoms with Crippen LogP contribution in [0.3, 0.4) is 0 Å². The molecule has 0 spiro atoms. The number of thioether (sulfide) groups is 2. The van der Waals surface area contributed by atoms with E-state index in [1.165, 1.54) is 0 Å². The minimum absolute atomic E-state index is 0.0731. The number of aromatic nitrogens is 2. The SMILES string of the molecule is O=C(O)CSc1ccc(SCC(=O)O)nn1. The second-order valence-corrected chi connectivity index (χ2v) is 4.57. The number of hydrogen-bond donors (Lipinski definition) is 2. The van der Waals surface area contributed by atoms with Gasteiger partial charge in [0.25, 0.3) is 0 Å². The molecule has 86 valence electrons. The van der Waals surface area contributed by atoms with E-state index in [2.05, 4.69) is 10.2 Å². The number of carboxylic acid groups (broad SMARTS) is 2. The van der Waals surface area contributed by atoms with Crippen molar-refractivity contribution in [1.29, 1.82) is 0 Å². The third-order valence-corrected chi connectivity index (χ3v) is 3.11. The Labute approximate surface area is 99.5 Å². The van der Waals surface area contributed by atoms with Gasteiger partial charge in [-0.1, -0.05) is 23.5 Å². The molecule has 0 saturated carbocycles. The van der Waals surface area contributed by atoms with Crippen LogP contribution in [0.2, 0.25) is 0 Å². The average Bonchev–Trinajstić information content (AvgIpc) is 2.25. The smallest absolute Gasteiger partial charge is 0.313 e. The van der Waals surface area contributed by atoms with Gasteiger partial charge in [-0.3, -0.25) is 9.59 Å². The molecule has 1 aromatic rings. The van der Waals surface area contributed by atoms with E-state index in [1.807, 2.05) is 0 Å². The Morgan fingerprint density at radius 2 is 1.38 bits per heavy atom. The molecule has 0 amide bonds. The number of carbonyl (C=O) groups is 2. The summed E-state index contributed by atoms with van der Waals surface area (Å²) in [6, 6.07) is 3.23. The van der Waals surface area contributed by atoms with Crippen molar-refractivity contribution in [1.82, 2.24) is 10.2 Å². The minimum atomic E-state index is -0.920. The monoisotopic (exact) mass is 260 g/mol. The summed E-state index contributed by atoms with van der Waals surface area (Å²) < 4.78 is 0. The van der Waals surface area contributed by atoms with Crippen molar-refractivity contribution in [3.63, 3.8) is 0 Å². The van der Waals surface area contributed by atoms with Gasteiger partial charge >= 0.3 is 11.9 Å². The van der Waals surface area contributed by atoms with Crippen LogP contribution in [-0.2, 0) is 9.59 Å². The minimum Gasteiger partial charge on any atom is -0.481 e. The molecule has 0 radical (unpaired) electrons. The maximum absolute atomic E-state index is 10.3. The molecule has 6 nitrogen and oxygen atoms in total. The Hall–Kier alpha value is -1.28. The first kappa shape index (κ1) is 12.8. The highest BCUT2D eigenvalue weighted by Gasteiger charge is 2.04. The van der Waals surface area contributed by atoms with Crippen molar-refractivity contribution < 1.29 is 19.8 Å². The van der Waals surface area contributed by atoms with Gasteiger partial charge in [0.1, 0.15) is 10.1 Å². The lowest BCUT2D eigenvalue weighted by atomic mass is 10.6. The standard InChI is InChI=1S/C8H8N2O4S2/c11-7(12)3-15-5-1-2-6(10-9-5)16-4-8(13)14/h1-2H,3-4H2,(H,11,12)(H,13,14). The first-order valence-corrected chi connectivity index (χ1v) is 6.08. The highest BCUT2D eigenvalue weighted by molar-refractivity contribution is 8.00. The molecular formula is C8H8N2O4S2. The second kappa shape index (κ2) is 6.33. The molecule has 1 rings (SSSR count). The zero-order chi connectivity index (χ0) is 12.0. The second-order valence-electron chi connectivity index (χ2n) is 2.57. The molecule has 2 N–H and O–H groups in total. The zero-order valence-electron chi connectivity index (χ0n) is 7.99. The van der Waals surface area contributed by atoms with Gasteiger partial charge < -0.3 is 10.2 Å². The Bertz CT molecular complexity index is 345. The van der Waals surface area contributed by atoms with Crippen molar-refractivity contribution in [2.75, 3.05) is 11.5 Å². The number of hydrogen-bond acceptors (Lipinski definition) is 6. The maximum Gasteiger partial charge on any atom is 0.313 e. The van der Waals surface area contributed by atoms with Gasteiger partial charge in [-0.05, 0) is 12.1 Å². The van der Waals surface area contributed by atoms with E-state index >= 15 is 0 Å². The average molecular weight is 260 g/mol. The lowest BCUT2D eigenvalue weighted by Gasteiger charge is -1.98. The lowest BCUT2D eigenvalue weighted by Crippen LogP contribution is -2.00. The summed E-state index contributed by atoms with van der Waals surface area (Å²) in [5.41, 5.74) is 0.